The Labute approximate surface area is 400 Å². The lowest BCUT2D eigenvalue weighted by molar-refractivity contribution is -0.870. The van der Waals surface area contributed by atoms with Crippen LogP contribution in [0.25, 0.3) is 0 Å². The summed E-state index contributed by atoms with van der Waals surface area (Å²) in [6.07, 6.45) is 53.3. The van der Waals surface area contributed by atoms with E-state index in [0.717, 1.165) is 57.8 Å². The molecule has 0 radical (unpaired) electrons. The summed E-state index contributed by atoms with van der Waals surface area (Å²) < 4.78 is 22.6. The minimum absolute atomic E-state index is 0.145. The number of hydrogen-bond donors (Lipinski definition) is 0. The summed E-state index contributed by atoms with van der Waals surface area (Å²) in [4.78, 5) is 37.2. The minimum Gasteiger partial charge on any atom is -0.545 e. The molecule has 0 aliphatic heterocycles. The second-order valence-electron chi connectivity index (χ2n) is 19.5. The first-order valence-electron chi connectivity index (χ1n) is 27.1. The van der Waals surface area contributed by atoms with Crippen molar-refractivity contribution in [2.24, 2.45) is 0 Å². The molecule has 0 saturated carbocycles. The van der Waals surface area contributed by atoms with Crippen LogP contribution in [0.5, 0.6) is 0 Å². The van der Waals surface area contributed by atoms with Crippen LogP contribution >= 0.6 is 0 Å². The van der Waals surface area contributed by atoms with Crippen molar-refractivity contribution in [3.63, 3.8) is 0 Å². The predicted molar refractivity (Wildman–Crippen MR) is 269 cm³/mol. The van der Waals surface area contributed by atoms with Gasteiger partial charge < -0.3 is 33.3 Å². The Kier molecular flexibility index (Phi) is 46.1. The van der Waals surface area contributed by atoms with Crippen LogP contribution in [0.2, 0.25) is 0 Å². The lowest BCUT2D eigenvalue weighted by Crippen LogP contribution is -2.44. The third kappa shape index (κ3) is 49.2. The molecule has 0 heterocycles. The van der Waals surface area contributed by atoms with E-state index in [1.54, 1.807) is 0 Å². The lowest BCUT2D eigenvalue weighted by atomic mass is 10.0. The molecular formula is C56H103NO8. The maximum Gasteiger partial charge on any atom is 0.306 e. The Morgan fingerprint density at radius 1 is 0.462 bits per heavy atom. The standard InChI is InChI=1S/C56H103NO8/c1-6-8-10-12-14-16-18-20-22-23-24-25-26-27-28-29-30-31-33-34-36-38-40-42-44-46-53(58)63-50-52(51-64-56(55(60)61)62-49-48-57(3,4)5)65-54(59)47-45-43-41-39-37-35-32-21-19-17-15-13-11-9-7-2/h15,17,21,23-24,32,52,56H,6-14,16,18-20,22,25-31,33-51H2,1-5H3/b17-15-,24-23-,32-21-. The van der Waals surface area contributed by atoms with Gasteiger partial charge in [-0.2, -0.15) is 0 Å². The van der Waals surface area contributed by atoms with Gasteiger partial charge in [-0.1, -0.05) is 198 Å². The summed E-state index contributed by atoms with van der Waals surface area (Å²) in [6, 6.07) is 0. The quantitative estimate of drug-likeness (QED) is 0.0195. The Bertz CT molecular complexity index is 1160. The molecule has 2 unspecified atom stereocenters. The molecule has 0 aromatic carbocycles. The van der Waals surface area contributed by atoms with Crippen molar-refractivity contribution >= 4 is 17.9 Å². The number of quaternary nitrogens is 1. The van der Waals surface area contributed by atoms with E-state index in [2.05, 4.69) is 50.3 Å². The van der Waals surface area contributed by atoms with E-state index in [1.165, 1.54) is 154 Å². The molecule has 0 aromatic heterocycles. The van der Waals surface area contributed by atoms with E-state index in [1.807, 2.05) is 21.1 Å². The molecule has 0 spiro atoms. The fourth-order valence-electron chi connectivity index (χ4n) is 7.62. The molecule has 0 aliphatic carbocycles. The van der Waals surface area contributed by atoms with E-state index in [9.17, 15) is 19.5 Å². The number of carbonyl (C=O) groups excluding carboxylic acids is 3. The predicted octanol–water partition coefficient (Wildman–Crippen LogP) is 14.0. The Morgan fingerprint density at radius 2 is 0.831 bits per heavy atom. The number of allylic oxidation sites excluding steroid dienone is 6. The van der Waals surface area contributed by atoms with E-state index in [4.69, 9.17) is 18.9 Å². The van der Waals surface area contributed by atoms with Gasteiger partial charge in [-0.25, -0.2) is 0 Å². The van der Waals surface area contributed by atoms with Crippen LogP contribution < -0.4 is 5.11 Å². The van der Waals surface area contributed by atoms with Crippen LogP contribution in [-0.2, 0) is 33.3 Å². The van der Waals surface area contributed by atoms with Gasteiger partial charge in [-0.3, -0.25) is 9.59 Å². The van der Waals surface area contributed by atoms with Gasteiger partial charge in [0.1, 0.15) is 13.2 Å². The van der Waals surface area contributed by atoms with Crippen LogP contribution in [0.1, 0.15) is 245 Å². The van der Waals surface area contributed by atoms with E-state index in [0.29, 0.717) is 23.9 Å². The average Bonchev–Trinajstić information content (AvgIpc) is 3.27. The highest BCUT2D eigenvalue weighted by Gasteiger charge is 2.22. The van der Waals surface area contributed by atoms with Crippen LogP contribution in [-0.4, -0.2) is 82.3 Å². The van der Waals surface area contributed by atoms with Gasteiger partial charge >= 0.3 is 11.9 Å². The summed E-state index contributed by atoms with van der Waals surface area (Å²) >= 11 is 0. The number of hydrogen-bond acceptors (Lipinski definition) is 8. The first kappa shape index (κ1) is 62.5. The zero-order valence-electron chi connectivity index (χ0n) is 43.1. The molecule has 9 nitrogen and oxygen atoms in total. The van der Waals surface area contributed by atoms with Crippen LogP contribution in [0.15, 0.2) is 36.5 Å². The average molecular weight is 918 g/mol. The van der Waals surface area contributed by atoms with Crippen molar-refractivity contribution < 1.29 is 42.9 Å². The molecule has 0 amide bonds. The first-order chi connectivity index (χ1) is 31.6. The van der Waals surface area contributed by atoms with E-state index in [-0.39, 0.29) is 32.2 Å². The second-order valence-corrected chi connectivity index (χ2v) is 19.5. The lowest BCUT2D eigenvalue weighted by Gasteiger charge is -2.26. The van der Waals surface area contributed by atoms with Crippen molar-refractivity contribution in [1.82, 2.24) is 0 Å². The molecule has 0 fully saturated rings. The molecule has 9 heteroatoms. The molecule has 0 saturated heterocycles. The van der Waals surface area contributed by atoms with E-state index >= 15 is 0 Å². The molecule has 0 rings (SSSR count). The fourth-order valence-corrected chi connectivity index (χ4v) is 7.62. The number of carbonyl (C=O) groups is 3. The largest absolute Gasteiger partial charge is 0.545 e. The molecule has 380 valence electrons. The third-order valence-corrected chi connectivity index (χ3v) is 11.9. The number of esters is 2. The SMILES string of the molecule is CCCCC/C=C\C/C=C\CCCCCCCC(=O)OC(COC(=O)CCCCCCCCCCCCCCC/C=C\CCCCCCCCCC)COC(OCC[N+](C)(C)C)C(=O)[O-]. The highest BCUT2D eigenvalue weighted by atomic mass is 16.7. The second kappa shape index (κ2) is 48.0. The van der Waals surface area contributed by atoms with Gasteiger partial charge in [0.2, 0.25) is 0 Å². The number of carboxylic acid groups (broad SMARTS) is 1. The number of unbranched alkanes of at least 4 members (excludes halogenated alkanes) is 29. The summed E-state index contributed by atoms with van der Waals surface area (Å²) in [6.45, 7) is 4.72. The van der Waals surface area contributed by atoms with Crippen molar-refractivity contribution in [3.05, 3.63) is 36.5 Å². The van der Waals surface area contributed by atoms with Gasteiger partial charge in [0.05, 0.1) is 40.3 Å². The summed E-state index contributed by atoms with van der Waals surface area (Å²) in [5.41, 5.74) is 0. The zero-order chi connectivity index (χ0) is 47.7. The van der Waals surface area contributed by atoms with E-state index < -0.39 is 24.3 Å². The van der Waals surface area contributed by atoms with Gasteiger partial charge in [-0.05, 0) is 70.6 Å². The maximum atomic E-state index is 12.8. The number of nitrogens with zero attached hydrogens (tertiary/aromatic N) is 1. The highest BCUT2D eigenvalue weighted by Crippen LogP contribution is 2.16. The maximum absolute atomic E-state index is 12.8. The number of rotatable bonds is 50. The Hall–Kier alpha value is -2.49. The Morgan fingerprint density at radius 3 is 1.26 bits per heavy atom. The minimum atomic E-state index is -1.62. The van der Waals surface area contributed by atoms with Crippen molar-refractivity contribution in [2.75, 3.05) is 47.5 Å². The first-order valence-corrected chi connectivity index (χ1v) is 27.1. The van der Waals surface area contributed by atoms with Crippen molar-refractivity contribution in [2.45, 2.75) is 257 Å². The molecule has 0 bridgehead atoms. The third-order valence-electron chi connectivity index (χ3n) is 11.9. The molecular weight excluding hydrogens is 815 g/mol. The molecule has 65 heavy (non-hydrogen) atoms. The molecule has 0 N–H and O–H groups in total. The topological polar surface area (TPSA) is 111 Å². The summed E-state index contributed by atoms with van der Waals surface area (Å²) in [7, 11) is 5.91. The zero-order valence-corrected chi connectivity index (χ0v) is 43.1. The van der Waals surface area contributed by atoms with Gasteiger partial charge in [0, 0.05) is 12.8 Å². The highest BCUT2D eigenvalue weighted by molar-refractivity contribution is 5.70. The van der Waals surface area contributed by atoms with Crippen molar-refractivity contribution in [3.8, 4) is 0 Å². The van der Waals surface area contributed by atoms with Gasteiger partial charge in [0.25, 0.3) is 0 Å². The number of carboxylic acids is 1. The molecule has 0 aromatic rings. The summed E-state index contributed by atoms with van der Waals surface area (Å²) in [5, 5.41) is 11.7. The molecule has 2 atom stereocenters. The monoisotopic (exact) mass is 918 g/mol. The number of ether oxygens (including phenoxy) is 4. The fraction of sp³-hybridized carbons (Fsp3) is 0.839. The number of likely N-dealkylation sites (N-methyl/N-ethyl adjacent to an activating group) is 1. The molecule has 0 aliphatic rings. The van der Waals surface area contributed by atoms with Crippen molar-refractivity contribution in [1.29, 1.82) is 0 Å². The van der Waals surface area contributed by atoms with Gasteiger partial charge in [-0.15, -0.1) is 0 Å². The van der Waals surface area contributed by atoms with Crippen LogP contribution in [0.4, 0.5) is 0 Å². The van der Waals surface area contributed by atoms with Crippen LogP contribution in [0, 0.1) is 0 Å². The number of aliphatic carboxylic acids is 1. The van der Waals surface area contributed by atoms with Crippen LogP contribution in [0.3, 0.4) is 0 Å². The smallest absolute Gasteiger partial charge is 0.306 e. The van der Waals surface area contributed by atoms with Gasteiger partial charge in [0.15, 0.2) is 12.4 Å². The summed E-state index contributed by atoms with van der Waals surface area (Å²) in [5.74, 6) is -2.29. The normalized spacial score (nSPS) is 13.1. The Balaban J connectivity index is 4.23.